The van der Waals surface area contributed by atoms with Crippen LogP contribution in [0.4, 0.5) is 0 Å². The van der Waals surface area contributed by atoms with Gasteiger partial charge in [0.05, 0.1) is 6.61 Å². The summed E-state index contributed by atoms with van der Waals surface area (Å²) in [6, 6.07) is 11.6. The lowest BCUT2D eigenvalue weighted by atomic mass is 10.1. The van der Waals surface area contributed by atoms with Crippen molar-refractivity contribution in [1.82, 2.24) is 10.4 Å². The Morgan fingerprint density at radius 3 is 2.94 bits per heavy atom. The fourth-order valence-electron chi connectivity index (χ4n) is 3.03. The Bertz CT molecular complexity index is 354. The van der Waals surface area contributed by atoms with Crippen LogP contribution in [0.1, 0.15) is 24.8 Å². The van der Waals surface area contributed by atoms with Crippen LogP contribution >= 0.6 is 0 Å². The maximum atomic E-state index is 5.64. The van der Waals surface area contributed by atoms with Crippen LogP contribution in [-0.4, -0.2) is 30.1 Å². The van der Waals surface area contributed by atoms with Crippen molar-refractivity contribution in [2.24, 2.45) is 0 Å². The maximum absolute atomic E-state index is 5.64. The van der Waals surface area contributed by atoms with E-state index in [2.05, 4.69) is 22.5 Å². The monoisotopic (exact) mass is 232 g/mol. The molecular weight excluding hydrogens is 212 g/mol. The summed E-state index contributed by atoms with van der Waals surface area (Å²) in [5.41, 5.74) is 4.48. The topological polar surface area (TPSA) is 24.5 Å². The number of nitrogens with zero attached hydrogens (tertiary/aromatic N) is 1. The van der Waals surface area contributed by atoms with Gasteiger partial charge in [-0.2, -0.15) is 5.48 Å². The van der Waals surface area contributed by atoms with Gasteiger partial charge in [0.1, 0.15) is 0 Å². The second kappa shape index (κ2) is 5.17. The molecule has 0 aromatic heterocycles. The molecule has 2 fully saturated rings. The molecule has 2 heterocycles. The third-order valence-corrected chi connectivity index (χ3v) is 3.92. The highest BCUT2D eigenvalue weighted by Gasteiger charge is 2.37. The molecule has 1 aromatic carbocycles. The van der Waals surface area contributed by atoms with E-state index in [0.717, 1.165) is 0 Å². The third kappa shape index (κ3) is 2.51. The minimum absolute atomic E-state index is 0.529. The summed E-state index contributed by atoms with van der Waals surface area (Å²) in [5.74, 6) is 0. The van der Waals surface area contributed by atoms with Crippen molar-refractivity contribution in [3.63, 3.8) is 0 Å². The molecule has 3 rings (SSSR count). The zero-order valence-electron chi connectivity index (χ0n) is 10.1. The van der Waals surface area contributed by atoms with E-state index < -0.39 is 0 Å². The van der Waals surface area contributed by atoms with E-state index in [1.807, 2.05) is 18.2 Å². The predicted molar refractivity (Wildman–Crippen MR) is 67.4 cm³/mol. The number of benzene rings is 1. The van der Waals surface area contributed by atoms with E-state index in [9.17, 15) is 0 Å². The first-order valence-corrected chi connectivity index (χ1v) is 6.59. The molecule has 2 aliphatic rings. The Morgan fingerprint density at radius 1 is 1.18 bits per heavy atom. The highest BCUT2D eigenvalue weighted by Crippen LogP contribution is 2.27. The first-order chi connectivity index (χ1) is 8.43. The van der Waals surface area contributed by atoms with Crippen LogP contribution in [0.15, 0.2) is 30.3 Å². The van der Waals surface area contributed by atoms with Crippen molar-refractivity contribution in [2.45, 2.75) is 38.0 Å². The molecule has 3 nitrogen and oxygen atoms in total. The van der Waals surface area contributed by atoms with Gasteiger partial charge in [-0.25, -0.2) is 0 Å². The molecule has 1 aromatic rings. The summed E-state index contributed by atoms with van der Waals surface area (Å²) in [6.07, 6.45) is 3.90. The van der Waals surface area contributed by atoms with Crippen molar-refractivity contribution in [3.8, 4) is 0 Å². The van der Waals surface area contributed by atoms with Gasteiger partial charge in [-0.3, -0.25) is 9.74 Å². The summed E-state index contributed by atoms with van der Waals surface area (Å²) in [6.45, 7) is 3.17. The Kier molecular flexibility index (Phi) is 3.41. The van der Waals surface area contributed by atoms with Gasteiger partial charge in [-0.15, -0.1) is 0 Å². The van der Waals surface area contributed by atoms with Crippen LogP contribution in [0, 0.1) is 0 Å². The summed E-state index contributed by atoms with van der Waals surface area (Å²) in [4.78, 5) is 8.22. The second-order valence-corrected chi connectivity index (χ2v) is 5.03. The van der Waals surface area contributed by atoms with Gasteiger partial charge < -0.3 is 0 Å². The third-order valence-electron chi connectivity index (χ3n) is 3.92. The van der Waals surface area contributed by atoms with Crippen molar-refractivity contribution in [2.75, 3.05) is 13.1 Å². The number of hydrogen-bond acceptors (Lipinski definition) is 3. The van der Waals surface area contributed by atoms with E-state index in [0.29, 0.717) is 18.7 Å². The maximum Gasteiger partial charge on any atom is 0.0933 e. The van der Waals surface area contributed by atoms with Gasteiger partial charge in [0, 0.05) is 18.6 Å². The van der Waals surface area contributed by atoms with Crippen LogP contribution in [0.5, 0.6) is 0 Å². The summed E-state index contributed by atoms with van der Waals surface area (Å²) in [5, 5.41) is 0. The van der Waals surface area contributed by atoms with Crippen LogP contribution in [-0.2, 0) is 11.4 Å². The molecule has 0 bridgehead atoms. The average molecular weight is 232 g/mol. The standard InChI is InChI=1S/C14H20N2O/c1-2-5-12(6-3-1)11-17-15-13-8-10-16-9-4-7-14(13)16/h1-3,5-6,13-15H,4,7-11H2. The fourth-order valence-corrected chi connectivity index (χ4v) is 3.03. The molecular formula is C14H20N2O. The highest BCUT2D eigenvalue weighted by molar-refractivity contribution is 5.13. The van der Waals surface area contributed by atoms with Crippen molar-refractivity contribution < 1.29 is 4.84 Å². The van der Waals surface area contributed by atoms with Crippen molar-refractivity contribution in [1.29, 1.82) is 0 Å². The molecule has 17 heavy (non-hydrogen) atoms. The van der Waals surface area contributed by atoms with Crippen molar-refractivity contribution >= 4 is 0 Å². The van der Waals surface area contributed by atoms with Crippen LogP contribution in [0.3, 0.4) is 0 Å². The number of fused-ring (bicyclic) bond motifs is 1. The van der Waals surface area contributed by atoms with Gasteiger partial charge in [0.15, 0.2) is 0 Å². The smallest absolute Gasteiger partial charge is 0.0933 e. The molecule has 2 saturated heterocycles. The van der Waals surface area contributed by atoms with Gasteiger partial charge in [0.25, 0.3) is 0 Å². The molecule has 2 unspecified atom stereocenters. The quantitative estimate of drug-likeness (QED) is 0.803. The first-order valence-electron chi connectivity index (χ1n) is 6.59. The van der Waals surface area contributed by atoms with Crippen LogP contribution in [0.2, 0.25) is 0 Å². The van der Waals surface area contributed by atoms with Gasteiger partial charge in [-0.1, -0.05) is 30.3 Å². The normalized spacial score (nSPS) is 28.5. The summed E-state index contributed by atoms with van der Waals surface area (Å²) >= 11 is 0. The average Bonchev–Trinajstić information content (AvgIpc) is 2.95. The lowest BCUT2D eigenvalue weighted by Gasteiger charge is -2.20. The molecule has 0 radical (unpaired) electrons. The molecule has 0 saturated carbocycles. The first kappa shape index (κ1) is 11.2. The molecule has 92 valence electrons. The van der Waals surface area contributed by atoms with Gasteiger partial charge in [-0.05, 0) is 31.4 Å². The van der Waals surface area contributed by atoms with E-state index >= 15 is 0 Å². The second-order valence-electron chi connectivity index (χ2n) is 5.03. The number of nitrogens with one attached hydrogen (secondary N) is 1. The van der Waals surface area contributed by atoms with E-state index in [1.54, 1.807) is 0 Å². The summed E-state index contributed by atoms with van der Waals surface area (Å²) < 4.78 is 0. The predicted octanol–water partition coefficient (Wildman–Crippen LogP) is 1.94. The Balaban J connectivity index is 1.46. The lowest BCUT2D eigenvalue weighted by Crippen LogP contribution is -2.38. The molecule has 3 heteroatoms. The molecule has 0 amide bonds. The van der Waals surface area contributed by atoms with E-state index in [1.165, 1.54) is 37.9 Å². The SMILES string of the molecule is c1ccc(CONC2CCN3CCCC23)cc1. The minimum atomic E-state index is 0.529. The molecule has 2 aliphatic heterocycles. The van der Waals surface area contributed by atoms with Crippen LogP contribution in [0.25, 0.3) is 0 Å². The zero-order chi connectivity index (χ0) is 11.5. The number of hydrogen-bond donors (Lipinski definition) is 1. The van der Waals surface area contributed by atoms with Crippen molar-refractivity contribution in [3.05, 3.63) is 35.9 Å². The molecule has 2 atom stereocenters. The number of rotatable bonds is 4. The zero-order valence-corrected chi connectivity index (χ0v) is 10.1. The Labute approximate surface area is 103 Å². The Morgan fingerprint density at radius 2 is 2.06 bits per heavy atom. The van der Waals surface area contributed by atoms with Crippen LogP contribution < -0.4 is 5.48 Å². The van der Waals surface area contributed by atoms with E-state index in [-0.39, 0.29) is 0 Å². The summed E-state index contributed by atoms with van der Waals surface area (Å²) in [7, 11) is 0. The Hall–Kier alpha value is -0.900. The lowest BCUT2D eigenvalue weighted by molar-refractivity contribution is -0.00211. The van der Waals surface area contributed by atoms with Gasteiger partial charge >= 0.3 is 0 Å². The highest BCUT2D eigenvalue weighted by atomic mass is 16.6. The molecule has 0 aliphatic carbocycles. The minimum Gasteiger partial charge on any atom is -0.299 e. The fraction of sp³-hybridized carbons (Fsp3) is 0.571. The molecule has 0 spiro atoms. The van der Waals surface area contributed by atoms with Gasteiger partial charge in [0.2, 0.25) is 0 Å². The largest absolute Gasteiger partial charge is 0.299 e. The molecule has 1 N–H and O–H groups in total. The van der Waals surface area contributed by atoms with E-state index in [4.69, 9.17) is 4.84 Å². The number of hydroxylamine groups is 1.